The highest BCUT2D eigenvalue weighted by molar-refractivity contribution is 7.90. The highest BCUT2D eigenvalue weighted by Gasteiger charge is 2.34. The number of nitrogens with zero attached hydrogens (tertiary/aromatic N) is 3. The van der Waals surface area contributed by atoms with Crippen LogP contribution in [0.15, 0.2) is 47.6 Å². The molecule has 1 aliphatic rings. The number of aromatic nitrogens is 2. The Bertz CT molecular complexity index is 1280. The molecule has 11 heteroatoms. The van der Waals surface area contributed by atoms with Gasteiger partial charge in [-0.15, -0.1) is 0 Å². The fraction of sp³-hybridized carbons (Fsp3) is 0.105. The van der Waals surface area contributed by atoms with Crippen molar-refractivity contribution in [3.63, 3.8) is 0 Å². The zero-order chi connectivity index (χ0) is 21.6. The van der Waals surface area contributed by atoms with Crippen molar-refractivity contribution in [1.29, 1.82) is 0 Å². The predicted octanol–water partition coefficient (Wildman–Crippen LogP) is 4.87. The molecule has 0 radical (unpaired) electrons. The average molecular weight is 484 g/mol. The third-order valence-corrected chi connectivity index (χ3v) is 6.20. The van der Waals surface area contributed by atoms with Crippen molar-refractivity contribution >= 4 is 62.2 Å². The molecule has 0 aliphatic carbocycles. The van der Waals surface area contributed by atoms with Gasteiger partial charge in [0.2, 0.25) is 15.0 Å². The van der Waals surface area contributed by atoms with Crippen LogP contribution in [0.1, 0.15) is 5.56 Å². The lowest BCUT2D eigenvalue weighted by molar-refractivity contribution is 0.246. The summed E-state index contributed by atoms with van der Waals surface area (Å²) in [6.07, 6.45) is 0.987. The molecule has 4 rings (SSSR count). The van der Waals surface area contributed by atoms with Crippen LogP contribution >= 0.6 is 34.8 Å². The molecule has 3 aromatic rings. The maximum atomic E-state index is 12.8. The van der Waals surface area contributed by atoms with Gasteiger partial charge in [0.15, 0.2) is 5.82 Å². The van der Waals surface area contributed by atoms with Crippen molar-refractivity contribution in [2.75, 3.05) is 11.2 Å². The first-order valence-electron chi connectivity index (χ1n) is 8.56. The summed E-state index contributed by atoms with van der Waals surface area (Å²) in [4.78, 5) is 22.4. The van der Waals surface area contributed by atoms with Crippen molar-refractivity contribution in [2.24, 2.45) is 0 Å². The van der Waals surface area contributed by atoms with Crippen LogP contribution in [-0.2, 0) is 16.4 Å². The number of carbonyl (C=O) groups excluding carboxylic acids is 1. The Morgan fingerprint density at radius 2 is 1.60 bits per heavy atom. The van der Waals surface area contributed by atoms with E-state index in [1.165, 1.54) is 0 Å². The molecule has 30 heavy (non-hydrogen) atoms. The van der Waals surface area contributed by atoms with Crippen LogP contribution in [0.2, 0.25) is 15.1 Å². The second-order valence-electron chi connectivity index (χ2n) is 6.47. The Labute approximate surface area is 187 Å². The Kier molecular flexibility index (Phi) is 5.36. The quantitative estimate of drug-likeness (QED) is 0.537. The number of amides is 2. The van der Waals surface area contributed by atoms with E-state index in [1.807, 2.05) is 0 Å². The number of hydrogen-bond acceptors (Lipinski definition) is 5. The number of anilines is 2. The van der Waals surface area contributed by atoms with Gasteiger partial charge in [0.1, 0.15) is 0 Å². The average Bonchev–Trinajstić information content (AvgIpc) is 2.68. The second-order valence-corrected chi connectivity index (χ2v) is 9.60. The molecule has 1 N–H and O–H groups in total. The van der Waals surface area contributed by atoms with Gasteiger partial charge in [0, 0.05) is 22.4 Å². The van der Waals surface area contributed by atoms with E-state index < -0.39 is 21.0 Å². The number of nitrogens with one attached hydrogen (secondary N) is 1. The van der Waals surface area contributed by atoms with Gasteiger partial charge in [-0.25, -0.2) is 23.1 Å². The van der Waals surface area contributed by atoms with E-state index in [0.717, 1.165) is 11.2 Å². The van der Waals surface area contributed by atoms with E-state index in [0.29, 0.717) is 21.8 Å². The lowest BCUT2D eigenvalue weighted by atomic mass is 10.0. The molecule has 0 fully saturated rings. The number of urea groups is 1. The smallest absolute Gasteiger partial charge is 0.328 e. The molecule has 2 amide bonds. The van der Waals surface area contributed by atoms with Crippen LogP contribution in [0.25, 0.3) is 11.3 Å². The summed E-state index contributed by atoms with van der Waals surface area (Å²) >= 11 is 19.0. The minimum absolute atomic E-state index is 0.0668. The van der Waals surface area contributed by atoms with Gasteiger partial charge >= 0.3 is 6.03 Å². The van der Waals surface area contributed by atoms with Crippen molar-refractivity contribution in [3.8, 4) is 11.3 Å². The highest BCUT2D eigenvalue weighted by Crippen LogP contribution is 2.42. The molecule has 0 unspecified atom stereocenters. The number of para-hydroxylation sites is 1. The highest BCUT2D eigenvalue weighted by atomic mass is 35.5. The molecule has 2 heterocycles. The summed E-state index contributed by atoms with van der Waals surface area (Å²) in [5.74, 6) is 0.0686. The van der Waals surface area contributed by atoms with Crippen molar-refractivity contribution in [1.82, 2.24) is 15.3 Å². The molecule has 0 spiro atoms. The largest absolute Gasteiger partial charge is 0.333 e. The molecule has 0 saturated carbocycles. The monoisotopic (exact) mass is 482 g/mol. The SMILES string of the molecule is CS(=O)(=O)c1nc(-c2ccccc2Cl)c2c(n1)N(c1c(Cl)cccc1Cl)C(=O)NC2. The van der Waals surface area contributed by atoms with E-state index in [-0.39, 0.29) is 28.1 Å². The molecule has 1 aliphatic heterocycles. The first-order chi connectivity index (χ1) is 14.2. The number of hydrogen-bond donors (Lipinski definition) is 1. The molecule has 154 valence electrons. The Hall–Kier alpha value is -2.39. The topological polar surface area (TPSA) is 92.3 Å². The lowest BCUT2D eigenvalue weighted by Crippen LogP contribution is -2.42. The summed E-state index contributed by atoms with van der Waals surface area (Å²) in [5, 5.41) is 3.05. The van der Waals surface area contributed by atoms with Crippen LogP contribution in [0.3, 0.4) is 0 Å². The van der Waals surface area contributed by atoms with Crippen LogP contribution in [0, 0.1) is 0 Å². The standard InChI is InChI=1S/C19H13Cl3N4O3S/c1-30(28,29)18-24-15(10-5-2-3-6-12(10)20)11-9-23-19(27)26(17(11)25-18)16-13(21)7-4-8-14(16)22/h2-8H,9H2,1H3,(H,23,27). The lowest BCUT2D eigenvalue weighted by Gasteiger charge is -2.31. The second kappa shape index (κ2) is 7.70. The fourth-order valence-corrected chi connectivity index (χ4v) is 4.39. The van der Waals surface area contributed by atoms with Gasteiger partial charge in [0.05, 0.1) is 28.0 Å². The minimum Gasteiger partial charge on any atom is -0.333 e. The van der Waals surface area contributed by atoms with Crippen LogP contribution in [-0.4, -0.2) is 30.7 Å². The van der Waals surface area contributed by atoms with Gasteiger partial charge in [-0.1, -0.05) is 59.1 Å². The normalized spacial score (nSPS) is 13.7. The Morgan fingerprint density at radius 1 is 0.967 bits per heavy atom. The van der Waals surface area contributed by atoms with E-state index in [1.54, 1.807) is 42.5 Å². The fourth-order valence-electron chi connectivity index (χ4n) is 3.09. The molecular weight excluding hydrogens is 471 g/mol. The zero-order valence-corrected chi connectivity index (χ0v) is 18.4. The van der Waals surface area contributed by atoms with Crippen molar-refractivity contribution < 1.29 is 13.2 Å². The summed E-state index contributed by atoms with van der Waals surface area (Å²) in [6.45, 7) is 0.0668. The third kappa shape index (κ3) is 3.60. The molecule has 0 saturated heterocycles. The molecule has 7 nitrogen and oxygen atoms in total. The van der Waals surface area contributed by atoms with Crippen LogP contribution in [0.5, 0.6) is 0 Å². The number of benzene rings is 2. The number of fused-ring (bicyclic) bond motifs is 1. The van der Waals surface area contributed by atoms with Gasteiger partial charge < -0.3 is 5.32 Å². The first-order valence-corrected chi connectivity index (χ1v) is 11.6. The summed E-state index contributed by atoms with van der Waals surface area (Å²) < 4.78 is 24.6. The number of halogens is 3. The van der Waals surface area contributed by atoms with E-state index in [4.69, 9.17) is 34.8 Å². The number of carbonyl (C=O) groups is 1. The molecular formula is C19H13Cl3N4O3S. The first kappa shape index (κ1) is 20.9. The summed E-state index contributed by atoms with van der Waals surface area (Å²) in [7, 11) is -3.81. The van der Waals surface area contributed by atoms with Gasteiger partial charge in [-0.3, -0.25) is 0 Å². The van der Waals surface area contributed by atoms with E-state index >= 15 is 0 Å². The minimum atomic E-state index is -3.81. The van der Waals surface area contributed by atoms with Crippen LogP contribution in [0.4, 0.5) is 16.3 Å². The van der Waals surface area contributed by atoms with Gasteiger partial charge in [-0.05, 0) is 18.2 Å². The zero-order valence-electron chi connectivity index (χ0n) is 15.4. The Morgan fingerprint density at radius 3 is 2.23 bits per heavy atom. The van der Waals surface area contributed by atoms with Crippen molar-refractivity contribution in [3.05, 3.63) is 63.1 Å². The molecule has 0 atom stereocenters. The van der Waals surface area contributed by atoms with Crippen LogP contribution < -0.4 is 10.2 Å². The summed E-state index contributed by atoms with van der Waals surface area (Å²) in [6, 6.07) is 11.1. The number of rotatable bonds is 3. The maximum absolute atomic E-state index is 12.8. The molecule has 0 bridgehead atoms. The maximum Gasteiger partial charge on any atom is 0.328 e. The number of sulfone groups is 1. The van der Waals surface area contributed by atoms with Gasteiger partial charge in [-0.2, -0.15) is 4.98 Å². The molecule has 2 aromatic carbocycles. The van der Waals surface area contributed by atoms with Gasteiger partial charge in [0.25, 0.3) is 0 Å². The molecule has 1 aromatic heterocycles. The summed E-state index contributed by atoms with van der Waals surface area (Å²) in [5.41, 5.74) is 1.46. The van der Waals surface area contributed by atoms with E-state index in [9.17, 15) is 13.2 Å². The van der Waals surface area contributed by atoms with Crippen molar-refractivity contribution in [2.45, 2.75) is 11.7 Å². The Balaban J connectivity index is 2.08. The predicted molar refractivity (Wildman–Crippen MR) is 116 cm³/mol. The third-order valence-electron chi connectivity index (χ3n) is 4.42. The van der Waals surface area contributed by atoms with E-state index in [2.05, 4.69) is 15.3 Å².